The van der Waals surface area contributed by atoms with Crippen molar-refractivity contribution < 1.29 is 13.2 Å². The fourth-order valence-electron chi connectivity index (χ4n) is 2.60. The number of benzene rings is 2. The molecule has 26 heavy (non-hydrogen) atoms. The first-order valence-electron chi connectivity index (χ1n) is 7.62. The zero-order valence-corrected chi connectivity index (χ0v) is 15.8. The summed E-state index contributed by atoms with van der Waals surface area (Å²) in [4.78, 5) is 4.33. The Morgan fingerprint density at radius 2 is 1.77 bits per heavy atom. The van der Waals surface area contributed by atoms with Crippen LogP contribution in [0.15, 0.2) is 53.0 Å². The van der Waals surface area contributed by atoms with Crippen molar-refractivity contribution in [1.29, 1.82) is 0 Å². The van der Waals surface area contributed by atoms with Gasteiger partial charge in [-0.05, 0) is 42.8 Å². The Morgan fingerprint density at radius 1 is 1.04 bits per heavy atom. The predicted octanol–water partition coefficient (Wildman–Crippen LogP) is 6.24. The molecule has 8 heteroatoms. The molecule has 0 saturated heterocycles. The van der Waals surface area contributed by atoms with Gasteiger partial charge in [-0.1, -0.05) is 45.5 Å². The SMILES string of the molecule is Cc1ccc2nc(-n3nc(-c4ccc(Br)cc4)cc3C(F)(F)F)sc2c1. The summed E-state index contributed by atoms with van der Waals surface area (Å²) in [6.07, 6.45) is -4.53. The number of thiazole rings is 1. The maximum absolute atomic E-state index is 13.6. The number of aromatic nitrogens is 3. The Kier molecular flexibility index (Phi) is 4.11. The average Bonchev–Trinajstić information content (AvgIpc) is 3.18. The van der Waals surface area contributed by atoms with E-state index in [4.69, 9.17) is 0 Å². The van der Waals surface area contributed by atoms with E-state index in [1.54, 1.807) is 30.3 Å². The van der Waals surface area contributed by atoms with Crippen LogP contribution >= 0.6 is 27.3 Å². The molecule has 0 bridgehead atoms. The van der Waals surface area contributed by atoms with Crippen LogP contribution in [0.1, 0.15) is 11.3 Å². The second kappa shape index (κ2) is 6.21. The molecule has 0 aliphatic rings. The van der Waals surface area contributed by atoms with Crippen molar-refractivity contribution in [2.45, 2.75) is 13.1 Å². The first-order valence-corrected chi connectivity index (χ1v) is 9.23. The van der Waals surface area contributed by atoms with Crippen molar-refractivity contribution in [2.24, 2.45) is 0 Å². The van der Waals surface area contributed by atoms with Crippen molar-refractivity contribution in [3.05, 3.63) is 64.3 Å². The number of nitrogens with zero attached hydrogens (tertiary/aromatic N) is 3. The molecule has 4 aromatic rings. The lowest BCUT2D eigenvalue weighted by molar-refractivity contribution is -0.142. The number of aryl methyl sites for hydroxylation is 1. The molecule has 4 rings (SSSR count). The van der Waals surface area contributed by atoms with E-state index in [0.29, 0.717) is 11.1 Å². The highest BCUT2D eigenvalue weighted by atomic mass is 79.9. The molecule has 0 radical (unpaired) electrons. The maximum Gasteiger partial charge on any atom is 0.433 e. The van der Waals surface area contributed by atoms with Crippen LogP contribution in [0.5, 0.6) is 0 Å². The van der Waals surface area contributed by atoms with Crippen LogP contribution in [-0.2, 0) is 6.18 Å². The zero-order chi connectivity index (χ0) is 18.5. The van der Waals surface area contributed by atoms with Crippen molar-refractivity contribution >= 4 is 37.5 Å². The largest absolute Gasteiger partial charge is 0.433 e. The topological polar surface area (TPSA) is 30.7 Å². The first kappa shape index (κ1) is 17.2. The van der Waals surface area contributed by atoms with Gasteiger partial charge in [-0.3, -0.25) is 0 Å². The van der Waals surface area contributed by atoms with Crippen LogP contribution in [0.4, 0.5) is 13.2 Å². The van der Waals surface area contributed by atoms with E-state index < -0.39 is 11.9 Å². The van der Waals surface area contributed by atoms with Crippen LogP contribution in [0, 0.1) is 6.92 Å². The molecule has 0 N–H and O–H groups in total. The summed E-state index contributed by atoms with van der Waals surface area (Å²) < 4.78 is 43.2. The molecule has 2 aromatic heterocycles. The van der Waals surface area contributed by atoms with Crippen molar-refractivity contribution in [3.63, 3.8) is 0 Å². The number of hydrogen-bond acceptors (Lipinski definition) is 3. The highest BCUT2D eigenvalue weighted by Crippen LogP contribution is 2.36. The highest BCUT2D eigenvalue weighted by Gasteiger charge is 2.37. The van der Waals surface area contributed by atoms with E-state index in [1.807, 2.05) is 19.1 Å². The molecule has 0 spiro atoms. The predicted molar refractivity (Wildman–Crippen MR) is 99.6 cm³/mol. The number of alkyl halides is 3. The molecule has 0 aliphatic heterocycles. The van der Waals surface area contributed by atoms with E-state index in [2.05, 4.69) is 26.0 Å². The van der Waals surface area contributed by atoms with Gasteiger partial charge in [-0.25, -0.2) is 9.67 Å². The highest BCUT2D eigenvalue weighted by molar-refractivity contribution is 9.10. The Morgan fingerprint density at radius 3 is 2.46 bits per heavy atom. The first-order chi connectivity index (χ1) is 12.3. The lowest BCUT2D eigenvalue weighted by Gasteiger charge is -2.06. The van der Waals surface area contributed by atoms with E-state index in [-0.39, 0.29) is 10.8 Å². The van der Waals surface area contributed by atoms with Gasteiger partial charge < -0.3 is 0 Å². The molecule has 0 amide bonds. The summed E-state index contributed by atoms with van der Waals surface area (Å²) in [5, 5.41) is 4.39. The number of fused-ring (bicyclic) bond motifs is 1. The summed E-state index contributed by atoms with van der Waals surface area (Å²) in [5.41, 5.74) is 1.70. The number of hydrogen-bond donors (Lipinski definition) is 0. The molecule has 2 aromatic carbocycles. The third kappa shape index (κ3) is 3.14. The van der Waals surface area contributed by atoms with Crippen LogP contribution in [-0.4, -0.2) is 14.8 Å². The molecule has 3 nitrogen and oxygen atoms in total. The van der Waals surface area contributed by atoms with E-state index in [0.717, 1.165) is 25.5 Å². The Bertz CT molecular complexity index is 1100. The minimum absolute atomic E-state index is 0.196. The van der Waals surface area contributed by atoms with Crippen LogP contribution in [0.3, 0.4) is 0 Å². The van der Waals surface area contributed by atoms with Gasteiger partial charge in [-0.2, -0.15) is 18.3 Å². The minimum Gasteiger partial charge on any atom is -0.218 e. The Hall–Kier alpha value is -2.19. The molecule has 2 heterocycles. The second-order valence-electron chi connectivity index (χ2n) is 5.80. The second-order valence-corrected chi connectivity index (χ2v) is 7.72. The van der Waals surface area contributed by atoms with Crippen molar-refractivity contribution in [3.8, 4) is 16.4 Å². The number of halogens is 4. The van der Waals surface area contributed by atoms with Gasteiger partial charge in [0.25, 0.3) is 0 Å². The van der Waals surface area contributed by atoms with Gasteiger partial charge in [0.15, 0.2) is 5.69 Å². The van der Waals surface area contributed by atoms with Crippen molar-refractivity contribution in [2.75, 3.05) is 0 Å². The van der Waals surface area contributed by atoms with Gasteiger partial charge >= 0.3 is 6.18 Å². The van der Waals surface area contributed by atoms with Gasteiger partial charge in [0.1, 0.15) is 0 Å². The zero-order valence-electron chi connectivity index (χ0n) is 13.4. The monoisotopic (exact) mass is 437 g/mol. The van der Waals surface area contributed by atoms with E-state index in [1.165, 1.54) is 11.3 Å². The molecular formula is C18H11BrF3N3S. The standard InChI is InChI=1S/C18H11BrF3N3S/c1-10-2-7-13-15(8-10)26-17(23-13)25-16(18(20,21)22)9-14(24-25)11-3-5-12(19)6-4-11/h2-9H,1H3. The summed E-state index contributed by atoms with van der Waals surface area (Å²) >= 11 is 4.51. The molecular weight excluding hydrogens is 427 g/mol. The summed E-state index contributed by atoms with van der Waals surface area (Å²) in [6.45, 7) is 1.93. The molecule has 0 fully saturated rings. The average molecular weight is 438 g/mol. The Balaban J connectivity index is 1.89. The van der Waals surface area contributed by atoms with Crippen LogP contribution in [0.25, 0.3) is 26.6 Å². The van der Waals surface area contributed by atoms with Gasteiger partial charge in [0.2, 0.25) is 5.13 Å². The molecule has 0 atom stereocenters. The van der Waals surface area contributed by atoms with E-state index >= 15 is 0 Å². The van der Waals surface area contributed by atoms with Gasteiger partial charge in [0.05, 0.1) is 15.9 Å². The lowest BCUT2D eigenvalue weighted by Crippen LogP contribution is -2.12. The summed E-state index contributed by atoms with van der Waals surface area (Å²) in [7, 11) is 0. The maximum atomic E-state index is 13.6. The minimum atomic E-state index is -4.53. The fourth-order valence-corrected chi connectivity index (χ4v) is 3.89. The fraction of sp³-hybridized carbons (Fsp3) is 0.111. The third-order valence-corrected chi connectivity index (χ3v) is 5.38. The van der Waals surface area contributed by atoms with Crippen LogP contribution < -0.4 is 0 Å². The summed E-state index contributed by atoms with van der Waals surface area (Å²) in [5.74, 6) is 0. The molecule has 0 aliphatic carbocycles. The molecule has 132 valence electrons. The van der Waals surface area contributed by atoms with Gasteiger partial charge in [-0.15, -0.1) is 0 Å². The van der Waals surface area contributed by atoms with Crippen LogP contribution in [0.2, 0.25) is 0 Å². The van der Waals surface area contributed by atoms with Crippen molar-refractivity contribution in [1.82, 2.24) is 14.8 Å². The number of rotatable bonds is 2. The molecule has 0 unspecified atom stereocenters. The van der Waals surface area contributed by atoms with Gasteiger partial charge in [0, 0.05) is 10.0 Å². The lowest BCUT2D eigenvalue weighted by atomic mass is 10.1. The normalized spacial score (nSPS) is 12.0. The third-order valence-electron chi connectivity index (χ3n) is 3.85. The van der Waals surface area contributed by atoms with E-state index in [9.17, 15) is 13.2 Å². The smallest absolute Gasteiger partial charge is 0.218 e. The molecule has 0 saturated carbocycles. The Labute approximate surface area is 159 Å². The summed E-state index contributed by atoms with van der Waals surface area (Å²) in [6, 6.07) is 13.6. The quantitative estimate of drug-likeness (QED) is 0.371.